The monoisotopic (exact) mass is 431 g/mol. The molecule has 1 aliphatic rings. The Labute approximate surface area is 179 Å². The van der Waals surface area contributed by atoms with Gasteiger partial charge in [-0.1, -0.05) is 6.07 Å². The minimum Gasteiger partial charge on any atom is -0.504 e. The van der Waals surface area contributed by atoms with Gasteiger partial charge in [-0.25, -0.2) is 14.4 Å². The molecule has 1 aliphatic heterocycles. The Bertz CT molecular complexity index is 990. The summed E-state index contributed by atoms with van der Waals surface area (Å²) in [5.74, 6) is -1.87. The molecule has 1 aromatic carbocycles. The third-order valence-corrected chi connectivity index (χ3v) is 4.88. The Morgan fingerprint density at radius 1 is 1.32 bits per heavy atom. The predicted molar refractivity (Wildman–Crippen MR) is 116 cm³/mol. The second kappa shape index (κ2) is 9.61. The van der Waals surface area contributed by atoms with E-state index >= 15 is 0 Å². The molecule has 9 nitrogen and oxygen atoms in total. The van der Waals surface area contributed by atoms with Crippen molar-refractivity contribution in [3.63, 3.8) is 0 Å². The van der Waals surface area contributed by atoms with Crippen LogP contribution in [0.3, 0.4) is 0 Å². The Morgan fingerprint density at radius 3 is 2.65 bits per heavy atom. The lowest BCUT2D eigenvalue weighted by molar-refractivity contribution is -0.136. The fourth-order valence-corrected chi connectivity index (χ4v) is 3.35. The van der Waals surface area contributed by atoms with Crippen molar-refractivity contribution in [3.05, 3.63) is 35.8 Å². The Kier molecular flexibility index (Phi) is 6.91. The summed E-state index contributed by atoms with van der Waals surface area (Å²) in [7, 11) is 5.23. The zero-order valence-corrected chi connectivity index (χ0v) is 17.7. The number of morpholine rings is 1. The highest BCUT2D eigenvalue weighted by Gasteiger charge is 2.25. The summed E-state index contributed by atoms with van der Waals surface area (Å²) in [6.07, 6.45) is 1.36. The highest BCUT2D eigenvalue weighted by Crippen LogP contribution is 2.39. The van der Waals surface area contributed by atoms with Crippen LogP contribution in [0.1, 0.15) is 12.1 Å². The van der Waals surface area contributed by atoms with E-state index in [1.165, 1.54) is 12.1 Å². The minimum atomic E-state index is -0.976. The van der Waals surface area contributed by atoms with Gasteiger partial charge in [-0.15, -0.1) is 0 Å². The molecule has 10 heteroatoms. The summed E-state index contributed by atoms with van der Waals surface area (Å²) in [6.45, 7) is 2.18. The molecule has 2 heterocycles. The first kappa shape index (κ1) is 22.3. The number of phenolic OH excluding ortho intramolecular Hbond substituents is 1. The Balaban J connectivity index is 2.28. The first-order valence-corrected chi connectivity index (χ1v) is 9.83. The number of carbonyl (C=O) groups is 1. The van der Waals surface area contributed by atoms with Gasteiger partial charge in [0.1, 0.15) is 11.4 Å². The summed E-state index contributed by atoms with van der Waals surface area (Å²) >= 11 is 0. The number of aliphatic carboxylic acids is 1. The maximum absolute atomic E-state index is 14.1. The normalized spacial score (nSPS) is 14.5. The minimum absolute atomic E-state index is 0.200. The number of rotatable bonds is 7. The van der Waals surface area contributed by atoms with E-state index < -0.39 is 17.5 Å². The number of phenols is 1. The summed E-state index contributed by atoms with van der Waals surface area (Å²) in [5.41, 5.74) is 1.97. The van der Waals surface area contributed by atoms with Gasteiger partial charge >= 0.3 is 5.97 Å². The van der Waals surface area contributed by atoms with Crippen molar-refractivity contribution in [2.75, 3.05) is 57.7 Å². The second-order valence-corrected chi connectivity index (χ2v) is 7.16. The third kappa shape index (κ3) is 4.85. The molecule has 1 aromatic heterocycles. The molecule has 31 heavy (non-hydrogen) atoms. The summed E-state index contributed by atoms with van der Waals surface area (Å²) in [5, 5.41) is 22.6. The first-order chi connectivity index (χ1) is 14.8. The zero-order chi connectivity index (χ0) is 22.5. The third-order valence-electron chi connectivity index (χ3n) is 4.88. The standard InChI is InChI=1S/C21H26FN5O4/c1-23-19-17(13-5-4-6-14(22)20(13)30)24-21(27-9-11-31-12-10-27)25-18(19)15(26(2)3)7-8-16(28)29/h4-7,23,30H,8-12H2,1-3H3,(H,28,29). The zero-order valence-electron chi connectivity index (χ0n) is 17.7. The van der Waals surface area contributed by atoms with E-state index in [2.05, 4.69) is 10.3 Å². The number of anilines is 2. The van der Waals surface area contributed by atoms with Crippen molar-refractivity contribution in [2.24, 2.45) is 0 Å². The topological polar surface area (TPSA) is 111 Å². The number of hydrogen-bond acceptors (Lipinski definition) is 8. The van der Waals surface area contributed by atoms with Crippen molar-refractivity contribution in [2.45, 2.75) is 6.42 Å². The lowest BCUT2D eigenvalue weighted by atomic mass is 10.1. The van der Waals surface area contributed by atoms with Crippen LogP contribution in [0, 0.1) is 5.82 Å². The van der Waals surface area contributed by atoms with E-state index in [0.29, 0.717) is 55.0 Å². The lowest BCUT2D eigenvalue weighted by Crippen LogP contribution is -2.37. The highest BCUT2D eigenvalue weighted by molar-refractivity contribution is 5.87. The molecule has 0 bridgehead atoms. The predicted octanol–water partition coefficient (Wildman–Crippen LogP) is 2.24. The first-order valence-electron chi connectivity index (χ1n) is 9.83. The van der Waals surface area contributed by atoms with Gasteiger partial charge in [0, 0.05) is 39.8 Å². The van der Waals surface area contributed by atoms with E-state index in [1.807, 2.05) is 4.90 Å². The molecule has 1 fully saturated rings. The van der Waals surface area contributed by atoms with Crippen molar-refractivity contribution in [1.82, 2.24) is 14.9 Å². The largest absolute Gasteiger partial charge is 0.504 e. The number of carboxylic acids is 1. The van der Waals surface area contributed by atoms with Gasteiger partial charge in [0.15, 0.2) is 11.6 Å². The fourth-order valence-electron chi connectivity index (χ4n) is 3.35. The molecule has 166 valence electrons. The summed E-state index contributed by atoms with van der Waals surface area (Å²) < 4.78 is 19.5. The van der Waals surface area contributed by atoms with E-state index in [9.17, 15) is 14.3 Å². The van der Waals surface area contributed by atoms with Crippen LogP contribution in [0.25, 0.3) is 17.0 Å². The average molecular weight is 431 g/mol. The van der Waals surface area contributed by atoms with Crippen molar-refractivity contribution >= 4 is 23.3 Å². The molecular formula is C21H26FN5O4. The van der Waals surface area contributed by atoms with Gasteiger partial charge in [-0.2, -0.15) is 0 Å². The SMILES string of the molecule is CNc1c(C(=CCC(=O)O)N(C)C)nc(N2CCOCC2)nc1-c1cccc(F)c1O. The molecule has 3 rings (SSSR count). The fraction of sp³-hybridized carbons (Fsp3) is 0.381. The van der Waals surface area contributed by atoms with Gasteiger partial charge < -0.3 is 30.1 Å². The van der Waals surface area contributed by atoms with Gasteiger partial charge in [0.2, 0.25) is 5.95 Å². The highest BCUT2D eigenvalue weighted by atomic mass is 19.1. The average Bonchev–Trinajstić information content (AvgIpc) is 2.75. The maximum atomic E-state index is 14.1. The molecular weight excluding hydrogens is 405 g/mol. The number of hydrogen-bond donors (Lipinski definition) is 3. The lowest BCUT2D eigenvalue weighted by Gasteiger charge is -2.29. The van der Waals surface area contributed by atoms with Crippen LogP contribution >= 0.6 is 0 Å². The maximum Gasteiger partial charge on any atom is 0.307 e. The Morgan fingerprint density at radius 2 is 2.03 bits per heavy atom. The molecule has 0 spiro atoms. The number of benzene rings is 1. The number of nitrogens with zero attached hydrogens (tertiary/aromatic N) is 4. The number of aromatic nitrogens is 2. The number of carboxylic acid groups (broad SMARTS) is 1. The van der Waals surface area contributed by atoms with Gasteiger partial charge in [0.25, 0.3) is 0 Å². The number of nitrogens with one attached hydrogen (secondary N) is 1. The number of aromatic hydroxyl groups is 1. The molecule has 0 radical (unpaired) electrons. The van der Waals surface area contributed by atoms with Gasteiger partial charge in [-0.05, 0) is 18.2 Å². The van der Waals surface area contributed by atoms with Crippen LogP contribution in [0.5, 0.6) is 5.75 Å². The van der Waals surface area contributed by atoms with Crippen LogP contribution in [0.2, 0.25) is 0 Å². The molecule has 0 aliphatic carbocycles. The van der Waals surface area contributed by atoms with Crippen molar-refractivity contribution < 1.29 is 24.1 Å². The van der Waals surface area contributed by atoms with Crippen LogP contribution < -0.4 is 10.2 Å². The van der Waals surface area contributed by atoms with Crippen LogP contribution in [0.15, 0.2) is 24.3 Å². The Hall–Kier alpha value is -3.40. The number of halogens is 1. The second-order valence-electron chi connectivity index (χ2n) is 7.16. The van der Waals surface area contributed by atoms with Gasteiger partial charge in [-0.3, -0.25) is 4.79 Å². The molecule has 0 unspecified atom stereocenters. The van der Waals surface area contributed by atoms with Gasteiger partial charge in [0.05, 0.1) is 31.0 Å². The van der Waals surface area contributed by atoms with Crippen LogP contribution in [-0.2, 0) is 9.53 Å². The quantitative estimate of drug-likeness (QED) is 0.608. The van der Waals surface area contributed by atoms with Crippen LogP contribution in [-0.4, -0.2) is 78.5 Å². The molecule has 0 saturated carbocycles. The number of para-hydroxylation sites is 1. The molecule has 2 aromatic rings. The van der Waals surface area contributed by atoms with Crippen LogP contribution in [0.4, 0.5) is 16.0 Å². The van der Waals surface area contributed by atoms with E-state index in [-0.39, 0.29) is 12.0 Å². The summed E-state index contributed by atoms with van der Waals surface area (Å²) in [6, 6.07) is 4.23. The van der Waals surface area contributed by atoms with E-state index in [1.54, 1.807) is 38.2 Å². The van der Waals surface area contributed by atoms with Crippen molar-refractivity contribution in [3.8, 4) is 17.0 Å². The molecule has 1 saturated heterocycles. The molecule has 0 amide bonds. The molecule has 0 atom stereocenters. The van der Waals surface area contributed by atoms with Crippen molar-refractivity contribution in [1.29, 1.82) is 0 Å². The smallest absolute Gasteiger partial charge is 0.307 e. The molecule has 3 N–H and O–H groups in total. The van der Waals surface area contributed by atoms with E-state index in [0.717, 1.165) is 0 Å². The van der Waals surface area contributed by atoms with E-state index in [4.69, 9.17) is 14.8 Å². The summed E-state index contributed by atoms with van der Waals surface area (Å²) in [4.78, 5) is 24.3. The number of ether oxygens (including phenoxy) is 1.